The minimum atomic E-state index is -0.626. The first-order valence-electron chi connectivity index (χ1n) is 7.26. The summed E-state index contributed by atoms with van der Waals surface area (Å²) < 4.78 is 20.3. The Morgan fingerprint density at radius 1 is 1.17 bits per heavy atom. The average Bonchev–Trinajstić information content (AvgIpc) is 2.44. The van der Waals surface area contributed by atoms with E-state index in [0.717, 1.165) is 5.56 Å². The second-order valence-corrected chi connectivity index (χ2v) is 7.07. The number of halogens is 2. The van der Waals surface area contributed by atoms with Crippen LogP contribution in [0.25, 0.3) is 0 Å². The molecule has 0 aromatic heterocycles. The lowest BCUT2D eigenvalue weighted by molar-refractivity contribution is 0.0511. The van der Waals surface area contributed by atoms with Gasteiger partial charge in [-0.15, -0.1) is 0 Å². The third kappa shape index (κ3) is 5.06. The van der Waals surface area contributed by atoms with Gasteiger partial charge in [-0.3, -0.25) is 0 Å². The highest BCUT2D eigenvalue weighted by Gasteiger charge is 2.23. The Morgan fingerprint density at radius 2 is 1.83 bits per heavy atom. The zero-order chi connectivity index (χ0) is 17.0. The van der Waals surface area contributed by atoms with Gasteiger partial charge in [-0.1, -0.05) is 52.3 Å². The van der Waals surface area contributed by atoms with Gasteiger partial charge in [0.2, 0.25) is 0 Å². The number of carbonyl (C=O) groups excluding carboxylic acids is 1. The maximum absolute atomic E-state index is 14.4. The molecule has 0 saturated heterocycles. The molecule has 1 unspecified atom stereocenters. The number of nitrogens with one attached hydrogen (secondary N) is 1. The first-order valence-corrected chi connectivity index (χ1v) is 8.05. The van der Waals surface area contributed by atoms with Crippen LogP contribution in [0.3, 0.4) is 0 Å². The lowest BCUT2D eigenvalue weighted by Gasteiger charge is -2.24. The number of rotatable bonds is 3. The van der Waals surface area contributed by atoms with Crippen LogP contribution in [0.2, 0.25) is 0 Å². The third-order valence-corrected chi connectivity index (χ3v) is 3.56. The highest BCUT2D eigenvalue weighted by atomic mass is 79.9. The summed E-state index contributed by atoms with van der Waals surface area (Å²) in [7, 11) is 0. The monoisotopic (exact) mass is 379 g/mol. The van der Waals surface area contributed by atoms with E-state index in [2.05, 4.69) is 21.2 Å². The van der Waals surface area contributed by atoms with E-state index in [-0.39, 0.29) is 0 Å². The number of carbonyl (C=O) groups is 1. The third-order valence-electron chi connectivity index (χ3n) is 3.07. The summed E-state index contributed by atoms with van der Waals surface area (Å²) in [5.74, 6) is -0.399. The molecule has 2 aromatic carbocycles. The average molecular weight is 380 g/mol. The van der Waals surface area contributed by atoms with Crippen LogP contribution in [0.1, 0.15) is 37.9 Å². The van der Waals surface area contributed by atoms with E-state index >= 15 is 0 Å². The van der Waals surface area contributed by atoms with Crippen molar-refractivity contribution in [2.24, 2.45) is 0 Å². The van der Waals surface area contributed by atoms with Crippen molar-refractivity contribution in [3.05, 3.63) is 69.9 Å². The molecule has 23 heavy (non-hydrogen) atoms. The van der Waals surface area contributed by atoms with E-state index < -0.39 is 23.6 Å². The molecule has 1 N–H and O–H groups in total. The maximum Gasteiger partial charge on any atom is 0.408 e. The van der Waals surface area contributed by atoms with E-state index in [4.69, 9.17) is 4.74 Å². The number of benzene rings is 2. The Balaban J connectivity index is 2.35. The van der Waals surface area contributed by atoms with Gasteiger partial charge >= 0.3 is 6.09 Å². The van der Waals surface area contributed by atoms with E-state index in [0.29, 0.717) is 10.0 Å². The van der Waals surface area contributed by atoms with Crippen molar-refractivity contribution in [3.63, 3.8) is 0 Å². The second-order valence-electron chi connectivity index (χ2n) is 6.16. The molecule has 2 aromatic rings. The van der Waals surface area contributed by atoms with Crippen molar-refractivity contribution in [2.45, 2.75) is 32.4 Å². The number of alkyl carbamates (subject to hydrolysis) is 1. The maximum atomic E-state index is 14.4. The minimum absolute atomic E-state index is 0.380. The van der Waals surface area contributed by atoms with Crippen LogP contribution in [-0.2, 0) is 4.74 Å². The molecule has 0 aliphatic carbocycles. The summed E-state index contributed by atoms with van der Waals surface area (Å²) in [6.45, 7) is 5.35. The van der Waals surface area contributed by atoms with E-state index in [1.54, 1.807) is 32.9 Å². The van der Waals surface area contributed by atoms with Gasteiger partial charge in [0, 0.05) is 10.0 Å². The Hall–Kier alpha value is -1.88. The lowest BCUT2D eigenvalue weighted by Crippen LogP contribution is -2.35. The highest BCUT2D eigenvalue weighted by molar-refractivity contribution is 9.10. The van der Waals surface area contributed by atoms with Gasteiger partial charge in [0.15, 0.2) is 0 Å². The Bertz CT molecular complexity index is 683. The first-order chi connectivity index (χ1) is 10.8. The van der Waals surface area contributed by atoms with Crippen LogP contribution in [0, 0.1) is 5.82 Å². The molecule has 3 nitrogen and oxygen atoms in total. The fourth-order valence-electron chi connectivity index (χ4n) is 2.15. The standard InChI is InChI=1S/C18H19BrFNO2/c1-18(2,3)23-17(22)21-16(12-7-5-4-6-8-12)14-10-9-13(19)11-15(14)20/h4-11,16H,1-3H3,(H,21,22). The number of hydrogen-bond acceptors (Lipinski definition) is 2. The minimum Gasteiger partial charge on any atom is -0.444 e. The summed E-state index contributed by atoms with van der Waals surface area (Å²) in [6, 6.07) is 13.4. The topological polar surface area (TPSA) is 38.3 Å². The van der Waals surface area contributed by atoms with Crippen molar-refractivity contribution in [2.75, 3.05) is 0 Å². The molecule has 0 radical (unpaired) electrons. The molecule has 0 heterocycles. The van der Waals surface area contributed by atoms with Crippen molar-refractivity contribution >= 4 is 22.0 Å². The molecule has 122 valence electrons. The van der Waals surface area contributed by atoms with E-state index in [1.165, 1.54) is 6.07 Å². The number of hydrogen-bond donors (Lipinski definition) is 1. The molecule has 0 bridgehead atoms. The van der Waals surface area contributed by atoms with Crippen LogP contribution in [0.15, 0.2) is 53.0 Å². The summed E-state index contributed by atoms with van der Waals surface area (Å²) in [6.07, 6.45) is -0.589. The van der Waals surface area contributed by atoms with Gasteiger partial charge in [0.25, 0.3) is 0 Å². The van der Waals surface area contributed by atoms with Crippen LogP contribution in [-0.4, -0.2) is 11.7 Å². The predicted octanol–water partition coefficient (Wildman–Crippen LogP) is 5.20. The van der Waals surface area contributed by atoms with Crippen molar-refractivity contribution < 1.29 is 13.9 Å². The summed E-state index contributed by atoms with van der Waals surface area (Å²) >= 11 is 3.24. The molecule has 0 fully saturated rings. The van der Waals surface area contributed by atoms with Gasteiger partial charge < -0.3 is 10.1 Å². The van der Waals surface area contributed by atoms with Gasteiger partial charge in [-0.25, -0.2) is 9.18 Å². The van der Waals surface area contributed by atoms with Crippen LogP contribution >= 0.6 is 15.9 Å². The van der Waals surface area contributed by atoms with Crippen molar-refractivity contribution in [3.8, 4) is 0 Å². The largest absolute Gasteiger partial charge is 0.444 e. The fraction of sp³-hybridized carbons (Fsp3) is 0.278. The second kappa shape index (κ2) is 7.13. The molecule has 0 saturated carbocycles. The quantitative estimate of drug-likeness (QED) is 0.795. The molecule has 1 amide bonds. The number of ether oxygens (including phenoxy) is 1. The van der Waals surface area contributed by atoms with Crippen LogP contribution < -0.4 is 5.32 Å². The lowest BCUT2D eigenvalue weighted by atomic mass is 9.98. The highest BCUT2D eigenvalue weighted by Crippen LogP contribution is 2.27. The molecular formula is C18H19BrFNO2. The normalized spacial score (nSPS) is 12.6. The Kier molecular flexibility index (Phi) is 5.42. The fourth-order valence-corrected chi connectivity index (χ4v) is 2.48. The Labute approximate surface area is 144 Å². The van der Waals surface area contributed by atoms with Crippen LogP contribution in [0.5, 0.6) is 0 Å². The summed E-state index contributed by atoms with van der Waals surface area (Å²) in [4.78, 5) is 12.1. The van der Waals surface area contributed by atoms with Gasteiger partial charge in [0.1, 0.15) is 11.4 Å². The molecule has 0 spiro atoms. The smallest absolute Gasteiger partial charge is 0.408 e. The molecule has 0 aliphatic rings. The van der Waals surface area contributed by atoms with Gasteiger partial charge in [-0.05, 0) is 38.5 Å². The number of amides is 1. The summed E-state index contributed by atoms with van der Waals surface area (Å²) in [5.41, 5.74) is 0.536. The molecule has 0 aliphatic heterocycles. The molecular weight excluding hydrogens is 361 g/mol. The van der Waals surface area contributed by atoms with Gasteiger partial charge in [-0.2, -0.15) is 0 Å². The van der Waals surface area contributed by atoms with Gasteiger partial charge in [0.05, 0.1) is 6.04 Å². The van der Waals surface area contributed by atoms with Crippen molar-refractivity contribution in [1.29, 1.82) is 0 Å². The molecule has 2 rings (SSSR count). The predicted molar refractivity (Wildman–Crippen MR) is 91.8 cm³/mol. The van der Waals surface area contributed by atoms with Crippen molar-refractivity contribution in [1.82, 2.24) is 5.32 Å². The Morgan fingerprint density at radius 3 is 2.39 bits per heavy atom. The van der Waals surface area contributed by atoms with E-state index in [9.17, 15) is 9.18 Å². The summed E-state index contributed by atoms with van der Waals surface area (Å²) in [5, 5.41) is 2.75. The van der Waals surface area contributed by atoms with Crippen LogP contribution in [0.4, 0.5) is 9.18 Å². The molecule has 1 atom stereocenters. The SMILES string of the molecule is CC(C)(C)OC(=O)NC(c1ccccc1)c1ccc(Br)cc1F. The first kappa shape index (κ1) is 17.5. The zero-order valence-corrected chi connectivity index (χ0v) is 14.9. The zero-order valence-electron chi connectivity index (χ0n) is 13.3. The molecule has 5 heteroatoms. The van der Waals surface area contributed by atoms with E-state index in [1.807, 2.05) is 30.3 Å².